The molecule has 0 aromatic heterocycles. The summed E-state index contributed by atoms with van der Waals surface area (Å²) in [6.45, 7) is 3.05. The molecule has 0 unspecified atom stereocenters. The highest BCUT2D eigenvalue weighted by Gasteiger charge is 2.27. The molecule has 0 aliphatic carbocycles. The summed E-state index contributed by atoms with van der Waals surface area (Å²) >= 11 is 1.56. The number of hydrogen-bond acceptors (Lipinski definition) is 4. The Morgan fingerprint density at radius 3 is 2.55 bits per heavy atom. The summed E-state index contributed by atoms with van der Waals surface area (Å²) in [6, 6.07) is 20.8. The van der Waals surface area contributed by atoms with Crippen molar-refractivity contribution in [2.75, 3.05) is 18.6 Å². The van der Waals surface area contributed by atoms with Gasteiger partial charge in [0.1, 0.15) is 5.75 Å². The van der Waals surface area contributed by atoms with Crippen LogP contribution >= 0.6 is 11.8 Å². The van der Waals surface area contributed by atoms with Crippen LogP contribution in [0, 0.1) is 0 Å². The van der Waals surface area contributed by atoms with Gasteiger partial charge in [-0.2, -0.15) is 0 Å². The van der Waals surface area contributed by atoms with Crippen LogP contribution in [-0.4, -0.2) is 25.5 Å². The molecule has 1 heterocycles. The van der Waals surface area contributed by atoms with E-state index < -0.39 is 0 Å². The molecule has 1 aliphatic heterocycles. The summed E-state index contributed by atoms with van der Waals surface area (Å²) in [5.41, 5.74) is 3.00. The van der Waals surface area contributed by atoms with Gasteiger partial charge in [-0.25, -0.2) is 0 Å². The Bertz CT molecular complexity index is 1110. The van der Waals surface area contributed by atoms with E-state index in [1.807, 2.05) is 73.7 Å². The topological polar surface area (TPSA) is 58.6 Å². The van der Waals surface area contributed by atoms with Gasteiger partial charge in [0, 0.05) is 28.4 Å². The zero-order valence-electron chi connectivity index (χ0n) is 17.6. The largest absolute Gasteiger partial charge is 0.497 e. The van der Waals surface area contributed by atoms with Crippen LogP contribution in [0.3, 0.4) is 0 Å². The van der Waals surface area contributed by atoms with E-state index in [0.29, 0.717) is 24.2 Å². The number of rotatable bonds is 6. The Hall–Kier alpha value is -3.25. The number of benzene rings is 3. The SMILES string of the molecule is CCCN1C(=O)c2ccccc2Sc2ccc(C(=O)NCc3ccc(OC)cc3)cc21. The van der Waals surface area contributed by atoms with E-state index in [2.05, 4.69) is 5.32 Å². The number of nitrogens with zero attached hydrogens (tertiary/aromatic N) is 1. The maximum atomic E-state index is 13.2. The van der Waals surface area contributed by atoms with E-state index in [4.69, 9.17) is 4.74 Å². The lowest BCUT2D eigenvalue weighted by atomic mass is 10.1. The number of nitrogens with one attached hydrogen (secondary N) is 1. The molecule has 158 valence electrons. The summed E-state index contributed by atoms with van der Waals surface area (Å²) in [4.78, 5) is 29.8. The third kappa shape index (κ3) is 4.44. The molecule has 0 saturated carbocycles. The first-order valence-electron chi connectivity index (χ1n) is 10.2. The minimum Gasteiger partial charge on any atom is -0.497 e. The Balaban J connectivity index is 1.59. The highest BCUT2D eigenvalue weighted by Crippen LogP contribution is 2.41. The molecular formula is C25H24N2O3S. The van der Waals surface area contributed by atoms with E-state index >= 15 is 0 Å². The van der Waals surface area contributed by atoms with Crippen molar-refractivity contribution in [1.29, 1.82) is 0 Å². The van der Waals surface area contributed by atoms with Gasteiger partial charge in [-0.15, -0.1) is 0 Å². The number of methoxy groups -OCH3 is 1. The number of fused-ring (bicyclic) bond motifs is 2. The van der Waals surface area contributed by atoms with Crippen molar-refractivity contribution in [3.8, 4) is 5.75 Å². The predicted octanol–water partition coefficient (Wildman–Crippen LogP) is 5.15. The standard InChI is InChI=1S/C25H24N2O3S/c1-3-14-27-21-15-18(24(28)26-16-17-8-11-19(30-2)12-9-17)10-13-23(21)31-22-7-5-4-6-20(22)25(27)29/h4-13,15H,3,14,16H2,1-2H3,(H,26,28). The molecule has 1 N–H and O–H groups in total. The fourth-order valence-corrected chi connectivity index (χ4v) is 4.59. The van der Waals surface area contributed by atoms with Crippen molar-refractivity contribution < 1.29 is 14.3 Å². The Kier molecular flexibility index (Phi) is 6.28. The molecule has 0 radical (unpaired) electrons. The minimum absolute atomic E-state index is 0.0282. The fraction of sp³-hybridized carbons (Fsp3) is 0.200. The molecule has 0 saturated heterocycles. The third-order valence-electron chi connectivity index (χ3n) is 5.15. The first kappa shape index (κ1) is 21.0. The Labute approximate surface area is 186 Å². The molecule has 0 bridgehead atoms. The van der Waals surface area contributed by atoms with Crippen LogP contribution in [0.5, 0.6) is 5.75 Å². The molecular weight excluding hydrogens is 408 g/mol. The second-order valence-corrected chi connectivity index (χ2v) is 8.35. The van der Waals surface area contributed by atoms with Gasteiger partial charge in [-0.05, 0) is 54.4 Å². The molecule has 0 fully saturated rings. The summed E-state index contributed by atoms with van der Waals surface area (Å²) in [5, 5.41) is 2.96. The molecule has 0 atom stereocenters. The normalized spacial score (nSPS) is 12.6. The van der Waals surface area contributed by atoms with Crippen molar-refractivity contribution in [2.24, 2.45) is 0 Å². The van der Waals surface area contributed by atoms with E-state index in [9.17, 15) is 9.59 Å². The van der Waals surface area contributed by atoms with Gasteiger partial charge in [0.05, 0.1) is 18.4 Å². The highest BCUT2D eigenvalue weighted by atomic mass is 32.2. The van der Waals surface area contributed by atoms with Crippen LogP contribution in [0.15, 0.2) is 76.5 Å². The van der Waals surface area contributed by atoms with Gasteiger partial charge in [0.15, 0.2) is 0 Å². The Morgan fingerprint density at radius 1 is 1.03 bits per heavy atom. The summed E-state index contributed by atoms with van der Waals surface area (Å²) in [7, 11) is 1.62. The monoisotopic (exact) mass is 432 g/mol. The lowest BCUT2D eigenvalue weighted by Gasteiger charge is -2.23. The lowest BCUT2D eigenvalue weighted by Crippen LogP contribution is -2.32. The zero-order chi connectivity index (χ0) is 21.8. The lowest BCUT2D eigenvalue weighted by molar-refractivity contribution is 0.0947. The van der Waals surface area contributed by atoms with Crippen LogP contribution in [0.2, 0.25) is 0 Å². The smallest absolute Gasteiger partial charge is 0.259 e. The van der Waals surface area contributed by atoms with E-state index in [0.717, 1.165) is 33.2 Å². The third-order valence-corrected chi connectivity index (χ3v) is 6.29. The molecule has 6 heteroatoms. The maximum absolute atomic E-state index is 13.2. The second kappa shape index (κ2) is 9.27. The molecule has 2 amide bonds. The summed E-state index contributed by atoms with van der Waals surface area (Å²) in [5.74, 6) is 0.578. The summed E-state index contributed by atoms with van der Waals surface area (Å²) < 4.78 is 5.17. The zero-order valence-corrected chi connectivity index (χ0v) is 18.4. The highest BCUT2D eigenvalue weighted by molar-refractivity contribution is 7.99. The second-order valence-electron chi connectivity index (χ2n) is 7.27. The van der Waals surface area contributed by atoms with Gasteiger partial charge in [-0.3, -0.25) is 9.59 Å². The van der Waals surface area contributed by atoms with E-state index in [1.165, 1.54) is 0 Å². The molecule has 3 aromatic rings. The van der Waals surface area contributed by atoms with Gasteiger partial charge in [0.2, 0.25) is 0 Å². The van der Waals surface area contributed by atoms with Gasteiger partial charge < -0.3 is 15.0 Å². The molecule has 4 rings (SSSR count). The Morgan fingerprint density at radius 2 is 1.81 bits per heavy atom. The van der Waals surface area contributed by atoms with Crippen LogP contribution < -0.4 is 15.0 Å². The van der Waals surface area contributed by atoms with Crippen molar-refractivity contribution in [1.82, 2.24) is 5.32 Å². The number of carbonyl (C=O) groups is 2. The predicted molar refractivity (Wildman–Crippen MR) is 123 cm³/mol. The van der Waals surface area contributed by atoms with E-state index in [1.54, 1.807) is 23.8 Å². The number of carbonyl (C=O) groups excluding carboxylic acids is 2. The van der Waals surface area contributed by atoms with Crippen LogP contribution in [0.1, 0.15) is 39.6 Å². The van der Waals surface area contributed by atoms with Crippen LogP contribution in [0.25, 0.3) is 0 Å². The van der Waals surface area contributed by atoms with Crippen molar-refractivity contribution in [2.45, 2.75) is 29.7 Å². The van der Waals surface area contributed by atoms with Crippen molar-refractivity contribution in [3.63, 3.8) is 0 Å². The molecule has 5 nitrogen and oxygen atoms in total. The van der Waals surface area contributed by atoms with E-state index in [-0.39, 0.29) is 11.8 Å². The molecule has 31 heavy (non-hydrogen) atoms. The molecule has 0 spiro atoms. The maximum Gasteiger partial charge on any atom is 0.259 e. The first-order chi connectivity index (χ1) is 15.1. The van der Waals surface area contributed by atoms with Gasteiger partial charge in [-0.1, -0.05) is 43.0 Å². The minimum atomic E-state index is -0.172. The average molecular weight is 433 g/mol. The van der Waals surface area contributed by atoms with Crippen molar-refractivity contribution >= 4 is 29.3 Å². The van der Waals surface area contributed by atoms with Gasteiger partial charge in [0.25, 0.3) is 11.8 Å². The fourth-order valence-electron chi connectivity index (χ4n) is 3.53. The number of amides is 2. The first-order valence-corrected chi connectivity index (χ1v) is 11.1. The van der Waals surface area contributed by atoms with Gasteiger partial charge >= 0.3 is 0 Å². The van der Waals surface area contributed by atoms with Crippen LogP contribution in [0.4, 0.5) is 5.69 Å². The van der Waals surface area contributed by atoms with Crippen molar-refractivity contribution in [3.05, 3.63) is 83.4 Å². The summed E-state index contributed by atoms with van der Waals surface area (Å²) in [6.07, 6.45) is 0.825. The van der Waals surface area contributed by atoms with Crippen LogP contribution in [-0.2, 0) is 6.54 Å². The quantitative estimate of drug-likeness (QED) is 0.585. The average Bonchev–Trinajstić information content (AvgIpc) is 2.92. The number of anilines is 1. The number of hydrogen-bond donors (Lipinski definition) is 1. The molecule has 3 aromatic carbocycles. The number of ether oxygens (including phenoxy) is 1. The molecule has 1 aliphatic rings.